The van der Waals surface area contributed by atoms with Gasteiger partial charge in [0.15, 0.2) is 0 Å². The molecule has 0 unspecified atom stereocenters. The maximum Gasteiger partial charge on any atom is 0.251 e. The van der Waals surface area contributed by atoms with Crippen LogP contribution in [0.15, 0.2) is 24.5 Å². The molecule has 0 saturated heterocycles. The molecule has 0 radical (unpaired) electrons. The van der Waals surface area contributed by atoms with E-state index in [9.17, 15) is 4.79 Å². The number of aryl methyl sites for hydroxylation is 1. The van der Waals surface area contributed by atoms with Gasteiger partial charge in [0.25, 0.3) is 5.91 Å². The van der Waals surface area contributed by atoms with Crippen LogP contribution in [0, 0.1) is 6.92 Å². The Hall–Kier alpha value is -2.37. The van der Waals surface area contributed by atoms with Crippen LogP contribution in [0.4, 0.5) is 5.82 Å². The number of hydrogen-bond acceptors (Lipinski definition) is 4. The summed E-state index contributed by atoms with van der Waals surface area (Å²) in [6.45, 7) is 5.19. The maximum absolute atomic E-state index is 12.1. The molecule has 106 valence electrons. The normalized spacial score (nSPS) is 10.3. The van der Waals surface area contributed by atoms with Crippen molar-refractivity contribution in [3.8, 4) is 0 Å². The van der Waals surface area contributed by atoms with Crippen LogP contribution >= 0.6 is 0 Å². The van der Waals surface area contributed by atoms with Crippen molar-refractivity contribution in [2.45, 2.75) is 20.3 Å². The second-order valence-corrected chi connectivity index (χ2v) is 4.45. The van der Waals surface area contributed by atoms with Crippen LogP contribution in [-0.2, 0) is 6.42 Å². The van der Waals surface area contributed by atoms with Crippen LogP contribution in [0.5, 0.6) is 0 Å². The van der Waals surface area contributed by atoms with Crippen LogP contribution in [0.3, 0.4) is 0 Å². The van der Waals surface area contributed by atoms with Gasteiger partial charge in [-0.15, -0.1) is 0 Å². The van der Waals surface area contributed by atoms with E-state index in [0.717, 1.165) is 23.9 Å². The van der Waals surface area contributed by atoms with Crippen molar-refractivity contribution in [3.63, 3.8) is 0 Å². The Kier molecular flexibility index (Phi) is 4.70. The van der Waals surface area contributed by atoms with Gasteiger partial charge in [0.05, 0.1) is 0 Å². The van der Waals surface area contributed by atoms with Gasteiger partial charge in [0.2, 0.25) is 0 Å². The molecule has 2 aromatic rings. The second kappa shape index (κ2) is 6.70. The summed E-state index contributed by atoms with van der Waals surface area (Å²) >= 11 is 0. The number of carbonyl (C=O) groups excluding carboxylic acids is 1. The summed E-state index contributed by atoms with van der Waals surface area (Å²) in [4.78, 5) is 23.5. The fourth-order valence-electron chi connectivity index (χ4n) is 1.90. The lowest BCUT2D eigenvalue weighted by molar-refractivity contribution is 0.0954. The third kappa shape index (κ3) is 3.81. The third-order valence-electron chi connectivity index (χ3n) is 2.78. The van der Waals surface area contributed by atoms with E-state index >= 15 is 0 Å². The molecule has 0 fully saturated rings. The molecule has 0 saturated carbocycles. The van der Waals surface area contributed by atoms with Crippen molar-refractivity contribution in [1.29, 1.82) is 0 Å². The predicted molar refractivity (Wildman–Crippen MR) is 77.8 cm³/mol. The fourth-order valence-corrected chi connectivity index (χ4v) is 1.90. The fraction of sp³-hybridized carbons (Fsp3) is 0.357. The molecule has 2 heterocycles. The zero-order chi connectivity index (χ0) is 14.4. The van der Waals surface area contributed by atoms with E-state index in [1.807, 2.05) is 13.8 Å². The van der Waals surface area contributed by atoms with Crippen LogP contribution in [-0.4, -0.2) is 33.9 Å². The number of carbonyl (C=O) groups is 1. The Morgan fingerprint density at radius 1 is 1.40 bits per heavy atom. The number of nitrogens with one attached hydrogen (secondary N) is 3. The van der Waals surface area contributed by atoms with E-state index in [4.69, 9.17) is 0 Å². The standard InChI is InChI=1S/C14H19N5O/c1-3-15-13-9-11(8-10(2)19-13)14(20)18-5-4-12-16-6-7-17-12/h6-9H,3-5H2,1-2H3,(H,15,19)(H,16,17)(H,18,20). The summed E-state index contributed by atoms with van der Waals surface area (Å²) in [7, 11) is 0. The molecule has 2 rings (SSSR count). The summed E-state index contributed by atoms with van der Waals surface area (Å²) in [5.41, 5.74) is 1.44. The number of anilines is 1. The molecule has 3 N–H and O–H groups in total. The molecule has 2 aromatic heterocycles. The Bertz CT molecular complexity index is 565. The lowest BCUT2D eigenvalue weighted by Gasteiger charge is -2.08. The minimum Gasteiger partial charge on any atom is -0.370 e. The number of imidazole rings is 1. The van der Waals surface area contributed by atoms with Crippen LogP contribution in [0.1, 0.15) is 28.8 Å². The molecular weight excluding hydrogens is 254 g/mol. The van der Waals surface area contributed by atoms with Crippen molar-refractivity contribution in [1.82, 2.24) is 20.3 Å². The van der Waals surface area contributed by atoms with Crippen molar-refractivity contribution in [2.24, 2.45) is 0 Å². The Balaban J connectivity index is 1.94. The minimum atomic E-state index is -0.0961. The van der Waals surface area contributed by atoms with Crippen LogP contribution in [0.25, 0.3) is 0 Å². The second-order valence-electron chi connectivity index (χ2n) is 4.45. The number of pyridine rings is 1. The molecular formula is C14H19N5O. The Morgan fingerprint density at radius 2 is 2.25 bits per heavy atom. The molecule has 0 spiro atoms. The van der Waals surface area contributed by atoms with Gasteiger partial charge in [0.1, 0.15) is 11.6 Å². The molecule has 0 aromatic carbocycles. The van der Waals surface area contributed by atoms with Gasteiger partial charge in [-0.2, -0.15) is 0 Å². The summed E-state index contributed by atoms with van der Waals surface area (Å²) < 4.78 is 0. The first-order valence-corrected chi connectivity index (χ1v) is 6.68. The number of rotatable bonds is 6. The highest BCUT2D eigenvalue weighted by molar-refractivity contribution is 5.95. The van der Waals surface area contributed by atoms with Crippen molar-refractivity contribution in [2.75, 3.05) is 18.4 Å². The SMILES string of the molecule is CCNc1cc(C(=O)NCCc2ncc[nH]2)cc(C)n1. The summed E-state index contributed by atoms with van der Waals surface area (Å²) in [5.74, 6) is 1.49. The highest BCUT2D eigenvalue weighted by atomic mass is 16.1. The quantitative estimate of drug-likeness (QED) is 0.745. The third-order valence-corrected chi connectivity index (χ3v) is 2.78. The van der Waals surface area contributed by atoms with Gasteiger partial charge in [-0.1, -0.05) is 0 Å². The molecule has 6 nitrogen and oxygen atoms in total. The molecule has 0 bridgehead atoms. The number of aromatic amines is 1. The maximum atomic E-state index is 12.1. The van der Waals surface area contributed by atoms with Gasteiger partial charge in [-0.3, -0.25) is 4.79 Å². The van der Waals surface area contributed by atoms with Gasteiger partial charge < -0.3 is 15.6 Å². The van der Waals surface area contributed by atoms with Gasteiger partial charge in [0, 0.05) is 43.2 Å². The van der Waals surface area contributed by atoms with E-state index in [0.29, 0.717) is 18.5 Å². The Labute approximate surface area is 118 Å². The van der Waals surface area contributed by atoms with E-state index in [1.165, 1.54) is 0 Å². The molecule has 20 heavy (non-hydrogen) atoms. The number of amides is 1. The molecule has 1 amide bonds. The van der Waals surface area contributed by atoms with E-state index in [2.05, 4.69) is 25.6 Å². The average Bonchev–Trinajstić information content (AvgIpc) is 2.91. The van der Waals surface area contributed by atoms with E-state index < -0.39 is 0 Å². The summed E-state index contributed by atoms with van der Waals surface area (Å²) in [6.07, 6.45) is 4.15. The summed E-state index contributed by atoms with van der Waals surface area (Å²) in [6, 6.07) is 3.54. The first-order valence-electron chi connectivity index (χ1n) is 6.68. The number of H-pyrrole nitrogens is 1. The lowest BCUT2D eigenvalue weighted by atomic mass is 10.2. The number of nitrogens with zero attached hydrogens (tertiary/aromatic N) is 2. The molecule has 0 aliphatic heterocycles. The van der Waals surface area contributed by atoms with E-state index in [1.54, 1.807) is 24.5 Å². The minimum absolute atomic E-state index is 0.0961. The molecule has 0 aliphatic rings. The van der Waals surface area contributed by atoms with Crippen LogP contribution < -0.4 is 10.6 Å². The van der Waals surface area contributed by atoms with Crippen molar-refractivity contribution >= 4 is 11.7 Å². The number of aromatic nitrogens is 3. The van der Waals surface area contributed by atoms with Gasteiger partial charge in [-0.05, 0) is 26.0 Å². The Morgan fingerprint density at radius 3 is 2.95 bits per heavy atom. The largest absolute Gasteiger partial charge is 0.370 e. The zero-order valence-electron chi connectivity index (χ0n) is 11.7. The predicted octanol–water partition coefficient (Wildman–Crippen LogP) is 1.52. The average molecular weight is 273 g/mol. The van der Waals surface area contributed by atoms with E-state index in [-0.39, 0.29) is 5.91 Å². The topological polar surface area (TPSA) is 82.7 Å². The van der Waals surface area contributed by atoms with Crippen molar-refractivity contribution < 1.29 is 4.79 Å². The first kappa shape index (κ1) is 14.0. The first-order chi connectivity index (χ1) is 9.69. The molecule has 0 aliphatic carbocycles. The smallest absolute Gasteiger partial charge is 0.251 e. The molecule has 6 heteroatoms. The summed E-state index contributed by atoms with van der Waals surface area (Å²) in [5, 5.41) is 6.00. The number of hydrogen-bond donors (Lipinski definition) is 3. The lowest BCUT2D eigenvalue weighted by Crippen LogP contribution is -2.26. The highest BCUT2D eigenvalue weighted by Crippen LogP contribution is 2.10. The highest BCUT2D eigenvalue weighted by Gasteiger charge is 2.08. The molecule has 0 atom stereocenters. The van der Waals surface area contributed by atoms with Crippen molar-refractivity contribution in [3.05, 3.63) is 41.6 Å². The van der Waals surface area contributed by atoms with Crippen LogP contribution in [0.2, 0.25) is 0 Å². The monoisotopic (exact) mass is 273 g/mol. The van der Waals surface area contributed by atoms with Gasteiger partial charge >= 0.3 is 0 Å². The van der Waals surface area contributed by atoms with Gasteiger partial charge in [-0.25, -0.2) is 9.97 Å². The zero-order valence-corrected chi connectivity index (χ0v) is 11.7.